The van der Waals surface area contributed by atoms with Crippen LogP contribution in [0.15, 0.2) is 18.2 Å². The number of hydrogen-bond acceptors (Lipinski definition) is 1. The molecule has 0 spiro atoms. The Hall–Kier alpha value is -0.980. The molecule has 0 aliphatic carbocycles. The first-order valence-corrected chi connectivity index (χ1v) is 2.34. The van der Waals surface area contributed by atoms with Crippen molar-refractivity contribution in [2.75, 3.05) is 7.11 Å². The number of benzene rings is 1. The van der Waals surface area contributed by atoms with Crippen molar-refractivity contribution in [2.45, 2.75) is 0 Å². The first-order chi connectivity index (χ1) is 3.93. The molecule has 1 nitrogen and oxygen atoms in total. The van der Waals surface area contributed by atoms with Gasteiger partial charge in [-0.3, -0.25) is 0 Å². The fourth-order valence-corrected chi connectivity index (χ4v) is 0.455. The maximum absolute atomic E-state index is 4.85. The molecule has 0 N–H and O–H groups in total. The minimum atomic E-state index is 0.799. The summed E-state index contributed by atoms with van der Waals surface area (Å²) in [6.45, 7) is 0. The first-order valence-electron chi connectivity index (χ1n) is 2.34. The molecule has 8 heavy (non-hydrogen) atoms. The molecule has 0 aliphatic heterocycles. The molecule has 0 saturated carbocycles. The zero-order valence-corrected chi connectivity index (χ0v) is 4.64. The van der Waals surface area contributed by atoms with Crippen molar-refractivity contribution in [1.82, 2.24) is 0 Å². The minimum Gasteiger partial charge on any atom is -0.497 e. The van der Waals surface area contributed by atoms with E-state index in [0.29, 0.717) is 0 Å². The van der Waals surface area contributed by atoms with Gasteiger partial charge in [0.2, 0.25) is 0 Å². The van der Waals surface area contributed by atoms with Crippen LogP contribution in [-0.2, 0) is 0 Å². The van der Waals surface area contributed by atoms with Crippen LogP contribution in [0.1, 0.15) is 0 Å². The van der Waals surface area contributed by atoms with Gasteiger partial charge in [0.25, 0.3) is 0 Å². The van der Waals surface area contributed by atoms with Gasteiger partial charge in [-0.1, -0.05) is 0 Å². The fourth-order valence-electron chi connectivity index (χ4n) is 0.455. The topological polar surface area (TPSA) is 9.23 Å². The lowest BCUT2D eigenvalue weighted by Crippen LogP contribution is -1.78. The van der Waals surface area contributed by atoms with Gasteiger partial charge in [0.15, 0.2) is 0 Å². The average molecular weight is 106 g/mol. The summed E-state index contributed by atoms with van der Waals surface area (Å²) in [5.41, 5.74) is 0. The summed E-state index contributed by atoms with van der Waals surface area (Å²) in [6, 6.07) is 10.9. The van der Waals surface area contributed by atoms with Crippen LogP contribution in [0.2, 0.25) is 0 Å². The molecule has 1 aromatic rings. The molecule has 0 fully saturated rings. The highest BCUT2D eigenvalue weighted by molar-refractivity contribution is 5.18. The van der Waals surface area contributed by atoms with Crippen molar-refractivity contribution in [3.8, 4) is 5.75 Å². The lowest BCUT2D eigenvalue weighted by molar-refractivity contribution is 0.414. The summed E-state index contributed by atoms with van der Waals surface area (Å²) >= 11 is 0. The summed E-state index contributed by atoms with van der Waals surface area (Å²) < 4.78 is 4.85. The van der Waals surface area contributed by atoms with Crippen molar-refractivity contribution in [2.24, 2.45) is 0 Å². The van der Waals surface area contributed by atoms with Gasteiger partial charge < -0.3 is 4.74 Å². The second kappa shape index (κ2) is 2.36. The van der Waals surface area contributed by atoms with E-state index in [9.17, 15) is 0 Å². The minimum absolute atomic E-state index is 0.799. The standard InChI is InChI=1S/C7H6O/c1-8-7-5-3-2-4-6-7/h2,5-6H,1H3. The SMILES string of the molecule is COc1c[c]c[c]c1. The Labute approximate surface area is 48.9 Å². The monoisotopic (exact) mass is 106 g/mol. The summed E-state index contributed by atoms with van der Waals surface area (Å²) in [5, 5.41) is 0. The molecule has 0 heterocycles. The Bertz CT molecular complexity index is 146. The van der Waals surface area contributed by atoms with E-state index >= 15 is 0 Å². The highest BCUT2D eigenvalue weighted by atomic mass is 16.5. The van der Waals surface area contributed by atoms with Gasteiger partial charge in [0, 0.05) is 0 Å². The molecule has 0 unspecified atom stereocenters. The molecule has 0 amide bonds. The smallest absolute Gasteiger partial charge is 0.120 e. The van der Waals surface area contributed by atoms with Crippen LogP contribution < -0.4 is 4.74 Å². The normalized spacial score (nSPS) is 8.62. The Morgan fingerprint density at radius 1 is 1.38 bits per heavy atom. The second-order valence-electron chi connectivity index (χ2n) is 1.37. The molecule has 2 radical (unpaired) electrons. The van der Waals surface area contributed by atoms with Crippen LogP contribution in [0.4, 0.5) is 0 Å². The number of methoxy groups -OCH3 is 1. The maximum Gasteiger partial charge on any atom is 0.120 e. The summed E-state index contributed by atoms with van der Waals surface area (Å²) in [7, 11) is 1.62. The van der Waals surface area contributed by atoms with E-state index < -0.39 is 0 Å². The van der Waals surface area contributed by atoms with Gasteiger partial charge in [0.1, 0.15) is 5.75 Å². The lowest BCUT2D eigenvalue weighted by Gasteiger charge is -1.93. The van der Waals surface area contributed by atoms with E-state index in [2.05, 4.69) is 12.1 Å². The van der Waals surface area contributed by atoms with E-state index in [0.717, 1.165) is 5.75 Å². The van der Waals surface area contributed by atoms with E-state index in [1.54, 1.807) is 25.3 Å². The van der Waals surface area contributed by atoms with Crippen LogP contribution >= 0.6 is 0 Å². The third kappa shape index (κ3) is 0.997. The van der Waals surface area contributed by atoms with Crippen molar-refractivity contribution < 1.29 is 4.74 Å². The van der Waals surface area contributed by atoms with E-state index in [1.165, 1.54) is 0 Å². The maximum atomic E-state index is 4.85. The molecule has 0 aliphatic rings. The van der Waals surface area contributed by atoms with Crippen LogP contribution in [0.3, 0.4) is 0 Å². The van der Waals surface area contributed by atoms with Crippen LogP contribution in [-0.4, -0.2) is 7.11 Å². The third-order valence-electron chi connectivity index (χ3n) is 0.854. The van der Waals surface area contributed by atoms with E-state index in [-0.39, 0.29) is 0 Å². The molecule has 0 atom stereocenters. The van der Waals surface area contributed by atoms with Gasteiger partial charge in [-0.15, -0.1) is 0 Å². The van der Waals surface area contributed by atoms with Crippen molar-refractivity contribution >= 4 is 0 Å². The predicted molar refractivity (Wildman–Crippen MR) is 30.7 cm³/mol. The van der Waals surface area contributed by atoms with Crippen molar-refractivity contribution in [1.29, 1.82) is 0 Å². The molecule has 0 bridgehead atoms. The number of hydrogen-bond donors (Lipinski definition) is 0. The largest absolute Gasteiger partial charge is 0.497 e. The Kier molecular flexibility index (Phi) is 1.52. The highest BCUT2D eigenvalue weighted by Gasteiger charge is 1.81. The fraction of sp³-hybridized carbons (Fsp3) is 0.143. The third-order valence-corrected chi connectivity index (χ3v) is 0.854. The Morgan fingerprint density at radius 2 is 2.00 bits per heavy atom. The van der Waals surface area contributed by atoms with Gasteiger partial charge >= 0.3 is 0 Å². The Balaban J connectivity index is 2.83. The van der Waals surface area contributed by atoms with Crippen molar-refractivity contribution in [3.63, 3.8) is 0 Å². The molecular formula is C7H6O. The van der Waals surface area contributed by atoms with Gasteiger partial charge in [0.05, 0.1) is 7.11 Å². The quantitative estimate of drug-likeness (QED) is 0.524. The molecule has 40 valence electrons. The lowest BCUT2D eigenvalue weighted by atomic mass is 10.3. The number of ether oxygens (including phenoxy) is 1. The van der Waals surface area contributed by atoms with Crippen LogP contribution in [0.25, 0.3) is 0 Å². The molecule has 1 rings (SSSR count). The van der Waals surface area contributed by atoms with Crippen LogP contribution in [0, 0.1) is 12.1 Å². The summed E-state index contributed by atoms with van der Waals surface area (Å²) in [5.74, 6) is 0.799. The van der Waals surface area contributed by atoms with Crippen molar-refractivity contribution in [3.05, 3.63) is 30.3 Å². The molecule has 1 heteroatoms. The highest BCUT2D eigenvalue weighted by Crippen LogP contribution is 2.04. The molecule has 0 aromatic heterocycles. The Morgan fingerprint density at radius 3 is 2.38 bits per heavy atom. The second-order valence-corrected chi connectivity index (χ2v) is 1.37. The molecule has 1 aromatic carbocycles. The zero-order chi connectivity index (χ0) is 5.82. The van der Waals surface area contributed by atoms with Gasteiger partial charge in [-0.05, 0) is 30.3 Å². The summed E-state index contributed by atoms with van der Waals surface area (Å²) in [4.78, 5) is 0. The molecular weight excluding hydrogens is 100 g/mol. The first kappa shape index (κ1) is 5.16. The predicted octanol–water partition coefficient (Wildman–Crippen LogP) is 1.30. The van der Waals surface area contributed by atoms with Gasteiger partial charge in [-0.25, -0.2) is 0 Å². The van der Waals surface area contributed by atoms with E-state index in [4.69, 9.17) is 4.74 Å². The molecule has 0 saturated heterocycles. The van der Waals surface area contributed by atoms with Gasteiger partial charge in [-0.2, -0.15) is 0 Å². The number of rotatable bonds is 1. The zero-order valence-electron chi connectivity index (χ0n) is 4.64. The average Bonchev–Trinajstić information content (AvgIpc) is 1.90. The van der Waals surface area contributed by atoms with Crippen LogP contribution in [0.5, 0.6) is 5.75 Å². The summed E-state index contributed by atoms with van der Waals surface area (Å²) in [6.07, 6.45) is 0. The van der Waals surface area contributed by atoms with E-state index in [1.807, 2.05) is 0 Å².